The number of hydrogen-bond acceptors (Lipinski definition) is 4. The van der Waals surface area contributed by atoms with Gasteiger partial charge in [0.2, 0.25) is 0 Å². The van der Waals surface area contributed by atoms with Crippen molar-refractivity contribution in [3.05, 3.63) is 85.5 Å². The molecule has 2 aromatic carbocycles. The van der Waals surface area contributed by atoms with Crippen LogP contribution in [0.1, 0.15) is 34.9 Å². The third-order valence-electron chi connectivity index (χ3n) is 5.08. The second-order valence-corrected chi connectivity index (χ2v) is 9.83. The van der Waals surface area contributed by atoms with E-state index in [1.165, 1.54) is 16.0 Å². The van der Waals surface area contributed by atoms with Crippen LogP contribution >= 0.6 is 34.7 Å². The molecule has 0 atom stereocenters. The van der Waals surface area contributed by atoms with Gasteiger partial charge in [0.25, 0.3) is 5.56 Å². The Morgan fingerprint density at radius 3 is 2.43 bits per heavy atom. The molecule has 6 heteroatoms. The van der Waals surface area contributed by atoms with Gasteiger partial charge in [-0.3, -0.25) is 9.36 Å². The maximum Gasteiger partial charge on any atom is 0.267 e. The summed E-state index contributed by atoms with van der Waals surface area (Å²) >= 11 is 9.32. The average Bonchev–Trinajstić information content (AvgIpc) is 3.04. The van der Waals surface area contributed by atoms with E-state index in [2.05, 4.69) is 38.1 Å². The summed E-state index contributed by atoms with van der Waals surface area (Å²) in [6.45, 7) is 6.28. The van der Waals surface area contributed by atoms with E-state index < -0.39 is 0 Å². The number of benzene rings is 2. The summed E-state index contributed by atoms with van der Waals surface area (Å²) in [5.74, 6) is 0.748. The van der Waals surface area contributed by atoms with Gasteiger partial charge in [-0.15, -0.1) is 11.3 Å². The fourth-order valence-corrected chi connectivity index (χ4v) is 5.84. The van der Waals surface area contributed by atoms with Crippen molar-refractivity contribution in [2.45, 2.75) is 44.5 Å². The van der Waals surface area contributed by atoms with E-state index in [1.54, 1.807) is 27.7 Å². The second-order valence-electron chi connectivity index (χ2n) is 7.37. The van der Waals surface area contributed by atoms with Gasteiger partial charge in [0.05, 0.1) is 11.1 Å². The number of thiophene rings is 1. The maximum atomic E-state index is 13.6. The summed E-state index contributed by atoms with van der Waals surface area (Å²) in [4.78, 5) is 20.6. The van der Waals surface area contributed by atoms with Crippen molar-refractivity contribution in [2.24, 2.45) is 0 Å². The van der Waals surface area contributed by atoms with E-state index >= 15 is 0 Å². The molecule has 0 bridgehead atoms. The number of aryl methyl sites for hydroxylation is 3. The van der Waals surface area contributed by atoms with E-state index in [0.717, 1.165) is 40.1 Å². The van der Waals surface area contributed by atoms with Gasteiger partial charge in [-0.1, -0.05) is 66.5 Å². The smallest absolute Gasteiger partial charge is 0.267 e. The van der Waals surface area contributed by atoms with Crippen LogP contribution in [0.5, 0.6) is 0 Å². The Balaban J connectivity index is 1.85. The predicted molar refractivity (Wildman–Crippen MR) is 130 cm³/mol. The minimum absolute atomic E-state index is 0.00942. The third kappa shape index (κ3) is 4.20. The van der Waals surface area contributed by atoms with Gasteiger partial charge in [-0.25, -0.2) is 4.98 Å². The highest BCUT2D eigenvalue weighted by molar-refractivity contribution is 7.98. The maximum absolute atomic E-state index is 13.6. The lowest BCUT2D eigenvalue weighted by molar-refractivity contribution is 0.821. The number of nitrogens with zero attached hydrogens (tertiary/aromatic N) is 2. The van der Waals surface area contributed by atoms with Gasteiger partial charge in [0.15, 0.2) is 5.16 Å². The van der Waals surface area contributed by atoms with Crippen LogP contribution < -0.4 is 5.56 Å². The Hall–Kier alpha value is -2.08. The first kappa shape index (κ1) is 21.2. The van der Waals surface area contributed by atoms with Gasteiger partial charge in [0.1, 0.15) is 4.83 Å². The number of aromatic nitrogens is 2. The van der Waals surface area contributed by atoms with E-state index in [4.69, 9.17) is 16.6 Å². The molecule has 2 aromatic heterocycles. The monoisotopic (exact) mass is 454 g/mol. The fourth-order valence-electron chi connectivity index (χ4n) is 3.42. The number of hydrogen-bond donors (Lipinski definition) is 0. The lowest BCUT2D eigenvalue weighted by Crippen LogP contribution is -2.21. The zero-order valence-electron chi connectivity index (χ0n) is 17.2. The average molecular weight is 455 g/mol. The van der Waals surface area contributed by atoms with Crippen LogP contribution in [0.15, 0.2) is 58.5 Å². The van der Waals surface area contributed by atoms with Crippen LogP contribution in [0.25, 0.3) is 15.9 Å². The molecular formula is C24H23ClN2OS2. The second kappa shape index (κ2) is 8.96. The fraction of sp³-hybridized carbons (Fsp3) is 0.250. The minimum Gasteiger partial charge on any atom is -0.268 e. The van der Waals surface area contributed by atoms with Crippen molar-refractivity contribution < 1.29 is 0 Å². The Bertz CT molecular complexity index is 1240. The standard InChI is InChI=1S/C24H23ClN2OS2/c1-4-5-20-16(3)21-22(30-20)26-24(29-14-17-8-6-15(2)7-9-17)27(23(21)28)19-12-10-18(25)11-13-19/h6-13H,4-5,14H2,1-3H3. The normalized spacial score (nSPS) is 11.3. The molecule has 4 rings (SSSR count). The molecule has 0 aliphatic heterocycles. The molecule has 0 spiro atoms. The van der Waals surface area contributed by atoms with Crippen molar-refractivity contribution in [3.63, 3.8) is 0 Å². The molecule has 4 aromatic rings. The first-order chi connectivity index (χ1) is 14.5. The predicted octanol–water partition coefficient (Wildman–Crippen LogP) is 6.96. The summed E-state index contributed by atoms with van der Waals surface area (Å²) in [6.07, 6.45) is 2.02. The van der Waals surface area contributed by atoms with Crippen LogP contribution in [-0.2, 0) is 12.2 Å². The molecule has 154 valence electrons. The van der Waals surface area contributed by atoms with Crippen LogP contribution in [-0.4, -0.2) is 9.55 Å². The molecule has 2 heterocycles. The van der Waals surface area contributed by atoms with Crippen LogP contribution in [0, 0.1) is 13.8 Å². The van der Waals surface area contributed by atoms with Crippen molar-refractivity contribution in [2.75, 3.05) is 0 Å². The summed E-state index contributed by atoms with van der Waals surface area (Å²) < 4.78 is 1.73. The number of thioether (sulfide) groups is 1. The zero-order valence-corrected chi connectivity index (χ0v) is 19.6. The van der Waals surface area contributed by atoms with Crippen molar-refractivity contribution in [1.29, 1.82) is 0 Å². The van der Waals surface area contributed by atoms with E-state index in [0.29, 0.717) is 10.2 Å². The molecule has 0 N–H and O–H groups in total. The number of rotatable bonds is 6. The Morgan fingerprint density at radius 1 is 1.07 bits per heavy atom. The Morgan fingerprint density at radius 2 is 1.77 bits per heavy atom. The van der Waals surface area contributed by atoms with Gasteiger partial charge in [-0.05, 0) is 55.7 Å². The lowest BCUT2D eigenvalue weighted by atomic mass is 10.1. The first-order valence-corrected chi connectivity index (χ1v) is 12.1. The van der Waals surface area contributed by atoms with Gasteiger partial charge < -0.3 is 0 Å². The molecule has 0 radical (unpaired) electrons. The van der Waals surface area contributed by atoms with Crippen molar-refractivity contribution in [1.82, 2.24) is 9.55 Å². The molecule has 3 nitrogen and oxygen atoms in total. The highest BCUT2D eigenvalue weighted by atomic mass is 35.5. The summed E-state index contributed by atoms with van der Waals surface area (Å²) in [7, 11) is 0. The molecule has 0 saturated carbocycles. The Labute approximate surface area is 189 Å². The molecule has 0 aliphatic rings. The number of halogens is 1. The van der Waals surface area contributed by atoms with E-state index in [9.17, 15) is 4.79 Å². The highest BCUT2D eigenvalue weighted by Crippen LogP contribution is 2.32. The molecule has 0 aliphatic carbocycles. The minimum atomic E-state index is -0.00942. The number of fused-ring (bicyclic) bond motifs is 1. The quantitative estimate of drug-likeness (QED) is 0.233. The molecular weight excluding hydrogens is 432 g/mol. The van der Waals surface area contributed by atoms with E-state index in [1.807, 2.05) is 31.2 Å². The van der Waals surface area contributed by atoms with Gasteiger partial charge in [0, 0.05) is 15.7 Å². The largest absolute Gasteiger partial charge is 0.268 e. The summed E-state index contributed by atoms with van der Waals surface area (Å²) in [5, 5.41) is 2.09. The summed E-state index contributed by atoms with van der Waals surface area (Å²) in [6, 6.07) is 15.8. The molecule has 0 fully saturated rings. The topological polar surface area (TPSA) is 34.9 Å². The van der Waals surface area contributed by atoms with E-state index in [-0.39, 0.29) is 5.56 Å². The van der Waals surface area contributed by atoms with Crippen LogP contribution in [0.4, 0.5) is 0 Å². The van der Waals surface area contributed by atoms with Crippen LogP contribution in [0.2, 0.25) is 5.02 Å². The lowest BCUT2D eigenvalue weighted by Gasteiger charge is -2.12. The zero-order chi connectivity index (χ0) is 21.3. The molecule has 30 heavy (non-hydrogen) atoms. The third-order valence-corrected chi connectivity index (χ3v) is 7.59. The molecule has 0 unspecified atom stereocenters. The van der Waals surface area contributed by atoms with Gasteiger partial charge >= 0.3 is 0 Å². The van der Waals surface area contributed by atoms with Gasteiger partial charge in [-0.2, -0.15) is 0 Å². The first-order valence-electron chi connectivity index (χ1n) is 9.97. The molecule has 0 saturated heterocycles. The van der Waals surface area contributed by atoms with Crippen molar-refractivity contribution >= 4 is 44.9 Å². The highest BCUT2D eigenvalue weighted by Gasteiger charge is 2.19. The van der Waals surface area contributed by atoms with Crippen molar-refractivity contribution in [3.8, 4) is 5.69 Å². The van der Waals surface area contributed by atoms with Crippen LogP contribution in [0.3, 0.4) is 0 Å². The summed E-state index contributed by atoms with van der Waals surface area (Å²) in [5.41, 5.74) is 4.28. The Kier molecular flexibility index (Phi) is 6.32. The molecule has 0 amide bonds. The SMILES string of the molecule is CCCc1sc2nc(SCc3ccc(C)cc3)n(-c3ccc(Cl)cc3)c(=O)c2c1C.